The zero-order valence-corrected chi connectivity index (χ0v) is 7.71. The molecule has 0 atom stereocenters. The van der Waals surface area contributed by atoms with Crippen LogP contribution in [0.25, 0.3) is 11.0 Å². The summed E-state index contributed by atoms with van der Waals surface area (Å²) in [5.74, 6) is 0.400. The monoisotopic (exact) mass is 191 g/mol. The van der Waals surface area contributed by atoms with Crippen LogP contribution >= 0.6 is 11.6 Å². The maximum Gasteiger partial charge on any atom is 0.213 e. The number of aryl methyl sites for hydroxylation is 1. The van der Waals surface area contributed by atoms with Crippen LogP contribution in [0.4, 0.5) is 0 Å². The van der Waals surface area contributed by atoms with Gasteiger partial charge in [-0.1, -0.05) is 11.6 Å². The minimum absolute atomic E-state index is 0.400. The van der Waals surface area contributed by atoms with Gasteiger partial charge in [0.15, 0.2) is 0 Å². The standard InChI is InChI=1S/C9H6ClN3/c1-13-8-4-6(10)2-3-7(8)12-9(13)5-11/h2-4H,1H3. The second-order valence-electron chi connectivity index (χ2n) is 2.74. The molecule has 0 N–H and O–H groups in total. The molecule has 0 aliphatic heterocycles. The van der Waals surface area contributed by atoms with Crippen molar-refractivity contribution in [1.29, 1.82) is 5.26 Å². The summed E-state index contributed by atoms with van der Waals surface area (Å²) < 4.78 is 1.72. The van der Waals surface area contributed by atoms with E-state index in [0.29, 0.717) is 10.8 Å². The second kappa shape index (κ2) is 2.75. The Morgan fingerprint density at radius 1 is 1.54 bits per heavy atom. The van der Waals surface area contributed by atoms with Gasteiger partial charge in [-0.05, 0) is 18.2 Å². The molecule has 2 aromatic rings. The Bertz CT molecular complexity index is 507. The first kappa shape index (κ1) is 8.09. The number of rotatable bonds is 0. The Balaban J connectivity index is 2.87. The molecular formula is C9H6ClN3. The van der Waals surface area contributed by atoms with Crippen molar-refractivity contribution in [1.82, 2.24) is 9.55 Å². The molecule has 2 rings (SSSR count). The SMILES string of the molecule is Cn1c(C#N)nc2ccc(Cl)cc21. The molecule has 0 aliphatic rings. The van der Waals surface area contributed by atoms with Gasteiger partial charge in [-0.25, -0.2) is 4.98 Å². The lowest BCUT2D eigenvalue weighted by Gasteiger charge is -1.94. The first-order chi connectivity index (χ1) is 6.22. The van der Waals surface area contributed by atoms with Gasteiger partial charge in [-0.3, -0.25) is 0 Å². The van der Waals surface area contributed by atoms with Crippen LogP contribution in [-0.2, 0) is 7.05 Å². The van der Waals surface area contributed by atoms with Crippen molar-refractivity contribution in [3.05, 3.63) is 29.0 Å². The molecule has 1 aromatic heterocycles. The molecule has 0 spiro atoms. The van der Waals surface area contributed by atoms with E-state index in [1.54, 1.807) is 29.8 Å². The highest BCUT2D eigenvalue weighted by molar-refractivity contribution is 6.31. The van der Waals surface area contributed by atoms with E-state index in [4.69, 9.17) is 16.9 Å². The third kappa shape index (κ3) is 1.16. The predicted octanol–water partition coefficient (Wildman–Crippen LogP) is 2.10. The predicted molar refractivity (Wildman–Crippen MR) is 50.4 cm³/mol. The van der Waals surface area contributed by atoms with E-state index in [2.05, 4.69) is 4.98 Å². The zero-order valence-electron chi connectivity index (χ0n) is 6.95. The smallest absolute Gasteiger partial charge is 0.213 e. The van der Waals surface area contributed by atoms with Crippen LogP contribution in [0.1, 0.15) is 5.82 Å². The fourth-order valence-electron chi connectivity index (χ4n) is 1.26. The highest BCUT2D eigenvalue weighted by Gasteiger charge is 2.06. The largest absolute Gasteiger partial charge is 0.319 e. The Kier molecular flexibility index (Phi) is 1.71. The van der Waals surface area contributed by atoms with E-state index in [-0.39, 0.29) is 0 Å². The highest BCUT2D eigenvalue weighted by atomic mass is 35.5. The number of aromatic nitrogens is 2. The van der Waals surface area contributed by atoms with E-state index in [1.165, 1.54) is 0 Å². The van der Waals surface area contributed by atoms with E-state index in [1.807, 2.05) is 6.07 Å². The number of hydrogen-bond acceptors (Lipinski definition) is 2. The quantitative estimate of drug-likeness (QED) is 0.640. The third-order valence-corrected chi connectivity index (χ3v) is 2.18. The van der Waals surface area contributed by atoms with Gasteiger partial charge in [0, 0.05) is 12.1 Å². The van der Waals surface area contributed by atoms with Crippen molar-refractivity contribution in [3.8, 4) is 6.07 Å². The van der Waals surface area contributed by atoms with Gasteiger partial charge in [-0.2, -0.15) is 5.26 Å². The molecule has 0 saturated heterocycles. The number of imidazole rings is 1. The first-order valence-corrected chi connectivity index (χ1v) is 4.12. The average molecular weight is 192 g/mol. The van der Waals surface area contributed by atoms with Crippen LogP contribution < -0.4 is 0 Å². The van der Waals surface area contributed by atoms with Crippen molar-refractivity contribution in [2.75, 3.05) is 0 Å². The summed E-state index contributed by atoms with van der Waals surface area (Å²) in [6, 6.07) is 7.38. The maximum atomic E-state index is 8.72. The Hall–Kier alpha value is -1.53. The van der Waals surface area contributed by atoms with Crippen molar-refractivity contribution < 1.29 is 0 Å². The van der Waals surface area contributed by atoms with Gasteiger partial charge in [0.05, 0.1) is 11.0 Å². The van der Waals surface area contributed by atoms with Crippen LogP contribution in [0.5, 0.6) is 0 Å². The third-order valence-electron chi connectivity index (χ3n) is 1.94. The number of hydrogen-bond donors (Lipinski definition) is 0. The molecule has 3 nitrogen and oxygen atoms in total. The van der Waals surface area contributed by atoms with Crippen LogP contribution in [0.15, 0.2) is 18.2 Å². The molecule has 0 saturated carbocycles. The van der Waals surface area contributed by atoms with Gasteiger partial charge in [0.25, 0.3) is 0 Å². The van der Waals surface area contributed by atoms with Crippen LogP contribution in [0, 0.1) is 11.3 Å². The van der Waals surface area contributed by atoms with Gasteiger partial charge in [0.1, 0.15) is 6.07 Å². The first-order valence-electron chi connectivity index (χ1n) is 3.74. The summed E-state index contributed by atoms with van der Waals surface area (Å²) in [6.07, 6.45) is 0. The molecule has 0 aliphatic carbocycles. The van der Waals surface area contributed by atoms with E-state index >= 15 is 0 Å². The van der Waals surface area contributed by atoms with Gasteiger partial charge < -0.3 is 4.57 Å². The second-order valence-corrected chi connectivity index (χ2v) is 3.18. The lowest BCUT2D eigenvalue weighted by Crippen LogP contribution is -1.91. The van der Waals surface area contributed by atoms with E-state index in [9.17, 15) is 0 Å². The van der Waals surface area contributed by atoms with E-state index in [0.717, 1.165) is 11.0 Å². The van der Waals surface area contributed by atoms with Gasteiger partial charge in [-0.15, -0.1) is 0 Å². The summed E-state index contributed by atoms with van der Waals surface area (Å²) in [6.45, 7) is 0. The molecule has 13 heavy (non-hydrogen) atoms. The number of halogens is 1. The van der Waals surface area contributed by atoms with Gasteiger partial charge in [0.2, 0.25) is 5.82 Å². The fraction of sp³-hybridized carbons (Fsp3) is 0.111. The Labute approximate surface area is 80.2 Å². The lowest BCUT2D eigenvalue weighted by molar-refractivity contribution is 0.921. The number of fused-ring (bicyclic) bond motifs is 1. The van der Waals surface area contributed by atoms with Crippen molar-refractivity contribution >= 4 is 22.6 Å². The average Bonchev–Trinajstić information content (AvgIpc) is 2.44. The van der Waals surface area contributed by atoms with Crippen molar-refractivity contribution in [3.63, 3.8) is 0 Å². The number of nitriles is 1. The topological polar surface area (TPSA) is 41.6 Å². The van der Waals surface area contributed by atoms with Crippen molar-refractivity contribution in [2.45, 2.75) is 0 Å². The maximum absolute atomic E-state index is 8.72. The molecule has 0 unspecified atom stereocenters. The van der Waals surface area contributed by atoms with E-state index < -0.39 is 0 Å². The molecule has 0 fully saturated rings. The molecule has 1 aromatic carbocycles. The summed E-state index contributed by atoms with van der Waals surface area (Å²) in [5, 5.41) is 9.38. The van der Waals surface area contributed by atoms with Crippen LogP contribution in [-0.4, -0.2) is 9.55 Å². The minimum Gasteiger partial charge on any atom is -0.319 e. The summed E-state index contributed by atoms with van der Waals surface area (Å²) in [4.78, 5) is 4.12. The fourth-order valence-corrected chi connectivity index (χ4v) is 1.43. The van der Waals surface area contributed by atoms with Crippen molar-refractivity contribution in [2.24, 2.45) is 7.05 Å². The Morgan fingerprint density at radius 2 is 2.31 bits per heavy atom. The molecule has 1 heterocycles. The van der Waals surface area contributed by atoms with Gasteiger partial charge >= 0.3 is 0 Å². The molecular weight excluding hydrogens is 186 g/mol. The van der Waals surface area contributed by atoms with Crippen LogP contribution in [0.2, 0.25) is 5.02 Å². The molecule has 0 bridgehead atoms. The number of nitrogens with zero attached hydrogens (tertiary/aromatic N) is 3. The summed E-state index contributed by atoms with van der Waals surface area (Å²) in [5.41, 5.74) is 1.67. The number of benzene rings is 1. The molecule has 4 heteroatoms. The zero-order chi connectivity index (χ0) is 9.42. The molecule has 64 valence electrons. The Morgan fingerprint density at radius 3 is 3.00 bits per heavy atom. The normalized spacial score (nSPS) is 10.2. The highest BCUT2D eigenvalue weighted by Crippen LogP contribution is 2.19. The molecule has 0 amide bonds. The van der Waals surface area contributed by atoms with Crippen LogP contribution in [0.3, 0.4) is 0 Å². The minimum atomic E-state index is 0.400. The summed E-state index contributed by atoms with van der Waals surface area (Å²) >= 11 is 5.82. The summed E-state index contributed by atoms with van der Waals surface area (Å²) in [7, 11) is 1.80. The lowest BCUT2D eigenvalue weighted by atomic mass is 10.3. The molecule has 0 radical (unpaired) electrons.